The SMILES string of the molecule is COC(OC)c1cc(C(=O)NCCCOCCCNC(=O)CCCCC2SCC3NC(=O)NC32)cc(C(=O)NCCCOCCCNC(=O)CCCCC2SCC3NC(=O)NC32)c1.Cl.O=Cc1cc(C(=O)NCCCOCCCNC(=O)CCCCC2SCC3NC(=O)NC32)cc(C(=O)NCCCOCCCNC(=O)CCCCC2SCC3NC(=O)NC32)c1. The fraction of sp³-hybridized carbons (Fsp3) is 0.702. The van der Waals surface area contributed by atoms with Gasteiger partial charge in [-0.15, -0.1) is 12.4 Å². The van der Waals surface area contributed by atoms with Crippen LogP contribution < -0.4 is 85.1 Å². The molecule has 2 aromatic carbocycles. The predicted molar refractivity (Wildman–Crippen MR) is 480 cm³/mol. The van der Waals surface area contributed by atoms with Crippen molar-refractivity contribution in [3.63, 3.8) is 0 Å². The Morgan fingerprint density at radius 2 is 0.573 bits per heavy atom. The minimum absolute atomic E-state index is 0. The molecule has 692 valence electrons. The molecule has 12 atom stereocenters. The van der Waals surface area contributed by atoms with Crippen LogP contribution in [-0.4, -0.2) is 289 Å². The van der Waals surface area contributed by atoms with Gasteiger partial charge in [0.25, 0.3) is 23.6 Å². The van der Waals surface area contributed by atoms with Gasteiger partial charge in [-0.3, -0.25) is 43.2 Å². The maximum absolute atomic E-state index is 13.1. The minimum atomic E-state index is -0.767. The summed E-state index contributed by atoms with van der Waals surface area (Å²) in [6.45, 7) is 7.25. The molecule has 8 saturated heterocycles. The van der Waals surface area contributed by atoms with E-state index in [0.29, 0.717) is 226 Å². The van der Waals surface area contributed by atoms with E-state index in [4.69, 9.17) is 28.4 Å². The first kappa shape index (κ1) is 102. The van der Waals surface area contributed by atoms with Crippen LogP contribution in [0.25, 0.3) is 0 Å². The smallest absolute Gasteiger partial charge is 0.315 e. The topological polar surface area (TPSA) is 470 Å². The average molecular weight is 1830 g/mol. The summed E-state index contributed by atoms with van der Waals surface area (Å²) in [5.41, 5.74) is 1.77. The van der Waals surface area contributed by atoms with Gasteiger partial charge in [0.2, 0.25) is 23.6 Å². The second-order valence-corrected chi connectivity index (χ2v) is 36.9. The van der Waals surface area contributed by atoms with E-state index in [0.717, 1.165) is 100 Å². The molecular weight excluding hydrogens is 1700 g/mol. The van der Waals surface area contributed by atoms with Gasteiger partial charge in [0.05, 0.1) is 48.3 Å². The highest BCUT2D eigenvalue weighted by Gasteiger charge is 2.46. The summed E-state index contributed by atoms with van der Waals surface area (Å²) in [5, 5.41) is 48.6. The highest BCUT2D eigenvalue weighted by Crippen LogP contribution is 2.37. The fourth-order valence-corrected chi connectivity index (χ4v) is 22.0. The highest BCUT2D eigenvalue weighted by molar-refractivity contribution is 8.01. The standard InChI is InChI=1S/C43H68N8O10S2.C41H62N8O9S2.ClH/c1-58-41(59-2)30-24-28(39(54)46-17-9-21-60-19-7-15-44-35(52)13-5-3-11-33-37-31(26-62-33)48-42(56)50-37)23-29(25-30)40(55)47-18-10-22-61-20-8-16-45-36(53)14-6-4-12-34-38-32(27-63-34)49-43(57)51-38;50-24-27-21-28(38(53)44-15-7-19-57-17-5-13-42-34(51)11-3-1-9-32-36-30(25-59-32)46-40(55)48-36)23-29(22-27)39(54)45-16-8-20-58-18-6-14-43-35(52)12-4-2-10-33-37-31(26-60-33)47-41(56)49-37;/h23-25,31-34,37-38,41H,3-22,26-27H2,1-2H3,(H,44,52)(H,45,53)(H,46,54)(H,47,55)(H2,48,50,56)(H2,49,51,57);21-24,30-33,36-37H,1-20,25-26H2,(H,42,51)(H,43,52)(H,44,53)(H,45,54)(H2,46,48,55)(H2,47,49,56);1H. The van der Waals surface area contributed by atoms with Crippen molar-refractivity contribution in [2.75, 3.05) is 142 Å². The predicted octanol–water partition coefficient (Wildman–Crippen LogP) is 5.37. The zero-order chi connectivity index (χ0) is 87.3. The van der Waals surface area contributed by atoms with E-state index < -0.39 is 18.1 Å². The van der Waals surface area contributed by atoms with E-state index in [1.807, 2.05) is 47.0 Å². The summed E-state index contributed by atoms with van der Waals surface area (Å²) in [4.78, 5) is 158. The van der Waals surface area contributed by atoms with Gasteiger partial charge < -0.3 is 113 Å². The van der Waals surface area contributed by atoms with Crippen molar-refractivity contribution in [1.82, 2.24) is 85.1 Å². The Bertz CT molecular complexity index is 3540. The molecule has 0 spiro atoms. The van der Waals surface area contributed by atoms with E-state index in [2.05, 4.69) is 85.1 Å². The first-order valence-corrected chi connectivity index (χ1v) is 48.1. The number of ether oxygens (including phenoxy) is 6. The second kappa shape index (κ2) is 57.3. The van der Waals surface area contributed by atoms with Gasteiger partial charge in [-0.2, -0.15) is 47.0 Å². The molecule has 12 unspecified atom stereocenters. The molecule has 40 heteroatoms. The number of methoxy groups -OCH3 is 2. The van der Waals surface area contributed by atoms with E-state index in [9.17, 15) is 62.3 Å². The van der Waals surface area contributed by atoms with Crippen LogP contribution in [0.5, 0.6) is 0 Å². The molecule has 8 aliphatic heterocycles. The van der Waals surface area contributed by atoms with Gasteiger partial charge in [0, 0.05) is 223 Å². The van der Waals surface area contributed by atoms with Crippen molar-refractivity contribution in [3.8, 4) is 0 Å². The molecule has 16 N–H and O–H groups in total. The molecule has 8 heterocycles. The number of benzene rings is 2. The average Bonchev–Trinajstić information content (AvgIpc) is 1.74. The number of thioether (sulfide) groups is 4. The molecule has 2 aromatic rings. The molecule has 0 saturated carbocycles. The number of hydrogen-bond acceptors (Lipinski definition) is 23. The number of unbranched alkanes of at least 4 members (excludes halogenated alkanes) is 4. The van der Waals surface area contributed by atoms with E-state index in [1.165, 1.54) is 32.4 Å². The summed E-state index contributed by atoms with van der Waals surface area (Å²) in [6.07, 6.45) is 17.8. The molecule has 10 rings (SSSR count). The number of carbonyl (C=O) groups is 13. The summed E-state index contributed by atoms with van der Waals surface area (Å²) >= 11 is 7.54. The Balaban J connectivity index is 0.000000305. The van der Waals surface area contributed by atoms with Gasteiger partial charge in [-0.25, -0.2) is 19.2 Å². The first-order chi connectivity index (χ1) is 59.8. The molecule has 8 aliphatic rings. The first-order valence-electron chi connectivity index (χ1n) is 43.9. The maximum Gasteiger partial charge on any atom is 0.315 e. The van der Waals surface area contributed by atoms with Gasteiger partial charge in [-0.05, 0) is 139 Å². The molecule has 124 heavy (non-hydrogen) atoms. The van der Waals surface area contributed by atoms with Crippen LogP contribution in [-0.2, 0) is 47.6 Å². The third-order valence-corrected chi connectivity index (χ3v) is 28.3. The van der Waals surface area contributed by atoms with Crippen molar-refractivity contribution in [2.24, 2.45) is 0 Å². The Morgan fingerprint density at radius 3 is 0.806 bits per heavy atom. The van der Waals surface area contributed by atoms with E-state index >= 15 is 0 Å². The monoisotopic (exact) mass is 1830 g/mol. The van der Waals surface area contributed by atoms with Gasteiger partial charge in [0.1, 0.15) is 6.29 Å². The lowest BCUT2D eigenvalue weighted by molar-refractivity contribution is -0.122. The Hall–Kier alpha value is -7.60. The van der Waals surface area contributed by atoms with E-state index in [-0.39, 0.29) is 137 Å². The Morgan fingerprint density at radius 1 is 0.339 bits per heavy atom. The number of fused-ring (bicyclic) bond motifs is 4. The lowest BCUT2D eigenvalue weighted by Crippen LogP contribution is -2.36. The summed E-state index contributed by atoms with van der Waals surface area (Å²) in [7, 11) is 2.97. The van der Waals surface area contributed by atoms with E-state index in [1.54, 1.807) is 18.2 Å². The van der Waals surface area contributed by atoms with Crippen molar-refractivity contribution in [2.45, 2.75) is 230 Å². The number of rotatable bonds is 60. The van der Waals surface area contributed by atoms with Crippen LogP contribution in [0.1, 0.15) is 218 Å². The number of halogens is 1. The number of hydrogen-bond donors (Lipinski definition) is 16. The number of aldehydes is 1. The molecule has 35 nitrogen and oxygen atoms in total. The lowest BCUT2D eigenvalue weighted by Gasteiger charge is -2.16. The second-order valence-electron chi connectivity index (χ2n) is 31.8. The van der Waals surface area contributed by atoms with Crippen molar-refractivity contribution in [1.29, 1.82) is 0 Å². The fourth-order valence-electron chi connectivity index (χ4n) is 15.8. The minimum Gasteiger partial charge on any atom is -0.381 e. The third kappa shape index (κ3) is 35.9. The van der Waals surface area contributed by atoms with Gasteiger partial charge in [0.15, 0.2) is 6.29 Å². The number of nitrogens with one attached hydrogen (secondary N) is 16. The lowest BCUT2D eigenvalue weighted by atomic mass is 10.0. The van der Waals surface area contributed by atoms with Crippen LogP contribution >= 0.6 is 59.5 Å². The number of urea groups is 4. The maximum atomic E-state index is 13.1. The van der Waals surface area contributed by atoms with Crippen LogP contribution in [0.3, 0.4) is 0 Å². The molecule has 0 aliphatic carbocycles. The van der Waals surface area contributed by atoms with Crippen LogP contribution in [0, 0.1) is 0 Å². The van der Waals surface area contributed by atoms with Gasteiger partial charge in [-0.1, -0.05) is 25.7 Å². The van der Waals surface area contributed by atoms with Crippen LogP contribution in [0.15, 0.2) is 36.4 Å². The van der Waals surface area contributed by atoms with Crippen molar-refractivity contribution >= 4 is 137 Å². The molecular formula is C84H131ClN16O19S4. The highest BCUT2D eigenvalue weighted by atomic mass is 35.5. The zero-order valence-corrected chi connectivity index (χ0v) is 75.5. The summed E-state index contributed by atoms with van der Waals surface area (Å²) in [5.74, 6) is 2.39. The number of carbonyl (C=O) groups excluding carboxylic acids is 13. The molecule has 8 fully saturated rings. The quantitative estimate of drug-likeness (QED) is 0.0171. The molecule has 0 radical (unpaired) electrons. The zero-order valence-electron chi connectivity index (χ0n) is 71.5. The number of amides is 16. The van der Waals surface area contributed by atoms with Crippen LogP contribution in [0.2, 0.25) is 0 Å². The Kier molecular flexibility index (Phi) is 47.0. The van der Waals surface area contributed by atoms with Crippen molar-refractivity contribution in [3.05, 3.63) is 69.8 Å². The third-order valence-electron chi connectivity index (χ3n) is 22.3. The normalized spacial score (nSPS) is 22.1. The molecule has 0 bridgehead atoms. The molecule has 0 aromatic heterocycles. The molecule has 16 amide bonds. The van der Waals surface area contributed by atoms with Crippen molar-refractivity contribution < 1.29 is 90.8 Å². The summed E-state index contributed by atoms with van der Waals surface area (Å²) < 4.78 is 33.5. The summed E-state index contributed by atoms with van der Waals surface area (Å²) in [6, 6.07) is 10.5. The van der Waals surface area contributed by atoms with Crippen LogP contribution in [0.4, 0.5) is 19.2 Å². The Labute approximate surface area is 750 Å². The van der Waals surface area contributed by atoms with Gasteiger partial charge >= 0.3 is 24.1 Å². The largest absolute Gasteiger partial charge is 0.381 e.